The van der Waals surface area contributed by atoms with Gasteiger partial charge in [0.15, 0.2) is 0 Å². The fraction of sp³-hybridized carbons (Fsp3) is 0. The smallest absolute Gasteiger partial charge is 0.123 e. The van der Waals surface area contributed by atoms with E-state index in [0.717, 1.165) is 55.7 Å². The Kier molecular flexibility index (Phi) is 3.05. The van der Waals surface area contributed by atoms with Gasteiger partial charge in [-0.15, -0.1) is 0 Å². The molecule has 4 aromatic rings. The summed E-state index contributed by atoms with van der Waals surface area (Å²) in [6.45, 7) is 0. The predicted molar refractivity (Wildman–Crippen MR) is 109 cm³/mol. The summed E-state index contributed by atoms with van der Waals surface area (Å²) >= 11 is 0. The molecule has 0 fully saturated rings. The van der Waals surface area contributed by atoms with Crippen LogP contribution in [0.5, 0.6) is 0 Å². The summed E-state index contributed by atoms with van der Waals surface area (Å²) in [7, 11) is 0. The second kappa shape index (κ2) is 5.49. The Morgan fingerprint density at radius 3 is 1.14 bits per heavy atom. The molecular formula is C26H14F2. The lowest BCUT2D eigenvalue weighted by Gasteiger charge is -2.11. The molecule has 0 bridgehead atoms. The summed E-state index contributed by atoms with van der Waals surface area (Å²) in [6, 6.07) is 26.2. The molecule has 6 rings (SSSR count). The molecule has 0 N–H and O–H groups in total. The van der Waals surface area contributed by atoms with Gasteiger partial charge in [0.2, 0.25) is 0 Å². The van der Waals surface area contributed by atoms with Crippen LogP contribution in [0.1, 0.15) is 22.3 Å². The van der Waals surface area contributed by atoms with Gasteiger partial charge >= 0.3 is 0 Å². The van der Waals surface area contributed by atoms with Crippen LogP contribution in [0.4, 0.5) is 8.78 Å². The SMILES string of the molecule is Fc1ccc2c(c1)-c1ccccc1/C2=C1\c2ccccc2-c2cc(F)ccc21. The van der Waals surface area contributed by atoms with E-state index in [2.05, 4.69) is 12.1 Å². The van der Waals surface area contributed by atoms with Crippen LogP contribution in [0.15, 0.2) is 84.9 Å². The topological polar surface area (TPSA) is 0 Å². The van der Waals surface area contributed by atoms with Crippen molar-refractivity contribution in [3.05, 3.63) is 119 Å². The van der Waals surface area contributed by atoms with E-state index < -0.39 is 0 Å². The molecule has 2 aliphatic carbocycles. The highest BCUT2D eigenvalue weighted by Gasteiger charge is 2.32. The molecule has 0 atom stereocenters. The highest BCUT2D eigenvalue weighted by atomic mass is 19.1. The zero-order valence-electron chi connectivity index (χ0n) is 14.8. The number of benzene rings is 4. The predicted octanol–water partition coefficient (Wildman–Crippen LogP) is 6.93. The molecule has 0 aromatic heterocycles. The third-order valence-electron chi connectivity index (χ3n) is 5.73. The van der Waals surface area contributed by atoms with Crippen molar-refractivity contribution in [3.63, 3.8) is 0 Å². The molecular weight excluding hydrogens is 350 g/mol. The number of hydrogen-bond acceptors (Lipinski definition) is 0. The van der Waals surface area contributed by atoms with Crippen LogP contribution < -0.4 is 0 Å². The maximum absolute atomic E-state index is 14.0. The summed E-state index contributed by atoms with van der Waals surface area (Å²) in [4.78, 5) is 0. The second-order valence-electron chi connectivity index (χ2n) is 7.22. The van der Waals surface area contributed by atoms with Crippen molar-refractivity contribution in [2.24, 2.45) is 0 Å². The number of fused-ring (bicyclic) bond motifs is 6. The molecule has 0 saturated heterocycles. The minimum atomic E-state index is -0.242. The molecule has 0 saturated carbocycles. The highest BCUT2D eigenvalue weighted by molar-refractivity contribution is 6.18. The summed E-state index contributed by atoms with van der Waals surface area (Å²) < 4.78 is 28.0. The zero-order chi connectivity index (χ0) is 18.8. The van der Waals surface area contributed by atoms with Gasteiger partial charge in [-0.1, -0.05) is 60.7 Å². The van der Waals surface area contributed by atoms with Crippen molar-refractivity contribution >= 4 is 11.1 Å². The van der Waals surface area contributed by atoms with Crippen LogP contribution in [0.25, 0.3) is 33.4 Å². The van der Waals surface area contributed by atoms with Gasteiger partial charge in [0.1, 0.15) is 11.6 Å². The molecule has 0 unspecified atom stereocenters. The van der Waals surface area contributed by atoms with Gasteiger partial charge in [-0.3, -0.25) is 0 Å². The van der Waals surface area contributed by atoms with Crippen molar-refractivity contribution < 1.29 is 8.78 Å². The van der Waals surface area contributed by atoms with E-state index in [1.165, 1.54) is 12.1 Å². The Labute approximate surface area is 161 Å². The molecule has 0 heterocycles. The largest absolute Gasteiger partial charge is 0.207 e. The minimum absolute atomic E-state index is 0.242. The Bertz CT molecular complexity index is 1230. The van der Waals surface area contributed by atoms with Gasteiger partial charge in [0.25, 0.3) is 0 Å². The first-order valence-electron chi connectivity index (χ1n) is 9.26. The number of hydrogen-bond donors (Lipinski definition) is 0. The fourth-order valence-corrected chi connectivity index (χ4v) is 4.62. The van der Waals surface area contributed by atoms with E-state index in [-0.39, 0.29) is 11.6 Å². The summed E-state index contributed by atoms with van der Waals surface area (Å²) in [5, 5.41) is 0. The number of halogens is 2. The van der Waals surface area contributed by atoms with E-state index >= 15 is 0 Å². The van der Waals surface area contributed by atoms with E-state index in [1.54, 1.807) is 12.1 Å². The van der Waals surface area contributed by atoms with E-state index in [0.29, 0.717) is 0 Å². The average Bonchev–Trinajstić information content (AvgIpc) is 3.20. The Balaban J connectivity index is 1.80. The van der Waals surface area contributed by atoms with Crippen molar-refractivity contribution in [2.45, 2.75) is 0 Å². The summed E-state index contributed by atoms with van der Waals surface area (Å²) in [5.74, 6) is -0.483. The van der Waals surface area contributed by atoms with Crippen LogP contribution in [0.3, 0.4) is 0 Å². The quantitative estimate of drug-likeness (QED) is 0.274. The first kappa shape index (κ1) is 15.5. The molecule has 0 amide bonds. The average molecular weight is 364 g/mol. The third kappa shape index (κ3) is 1.97. The van der Waals surface area contributed by atoms with Crippen LogP contribution in [0, 0.1) is 11.6 Å². The second-order valence-corrected chi connectivity index (χ2v) is 7.22. The Hall–Kier alpha value is -3.52. The molecule has 28 heavy (non-hydrogen) atoms. The van der Waals surface area contributed by atoms with E-state index in [9.17, 15) is 8.78 Å². The number of rotatable bonds is 0. The molecule has 2 aliphatic rings. The standard InChI is InChI=1S/C26H14F2/c27-15-9-11-21-23(13-15)17-5-1-3-7-19(17)25(21)26-20-8-4-2-6-18(20)24-14-16(28)10-12-22(24)26/h1-14H/b26-25-. The zero-order valence-corrected chi connectivity index (χ0v) is 14.8. The summed E-state index contributed by atoms with van der Waals surface area (Å²) in [6.07, 6.45) is 0. The van der Waals surface area contributed by atoms with Crippen molar-refractivity contribution in [3.8, 4) is 22.3 Å². The van der Waals surface area contributed by atoms with Crippen molar-refractivity contribution in [1.82, 2.24) is 0 Å². The van der Waals surface area contributed by atoms with Gasteiger partial charge in [0.05, 0.1) is 0 Å². The van der Waals surface area contributed by atoms with Gasteiger partial charge in [0, 0.05) is 0 Å². The Morgan fingerprint density at radius 2 is 0.714 bits per heavy atom. The monoisotopic (exact) mass is 364 g/mol. The minimum Gasteiger partial charge on any atom is -0.207 e. The van der Waals surface area contributed by atoms with E-state index in [4.69, 9.17) is 0 Å². The molecule has 0 radical (unpaired) electrons. The first-order chi connectivity index (χ1) is 13.7. The van der Waals surface area contributed by atoms with Crippen LogP contribution >= 0.6 is 0 Å². The van der Waals surface area contributed by atoms with Crippen LogP contribution in [-0.4, -0.2) is 0 Å². The van der Waals surface area contributed by atoms with Crippen LogP contribution in [0.2, 0.25) is 0 Å². The fourth-order valence-electron chi connectivity index (χ4n) is 4.62. The normalized spacial score (nSPS) is 15.8. The molecule has 132 valence electrons. The maximum atomic E-state index is 14.0. The lowest BCUT2D eigenvalue weighted by Crippen LogP contribution is -1.91. The molecule has 0 spiro atoms. The van der Waals surface area contributed by atoms with Crippen LogP contribution in [-0.2, 0) is 0 Å². The van der Waals surface area contributed by atoms with Gasteiger partial charge in [-0.2, -0.15) is 0 Å². The van der Waals surface area contributed by atoms with Crippen molar-refractivity contribution in [2.75, 3.05) is 0 Å². The third-order valence-corrected chi connectivity index (χ3v) is 5.73. The lowest BCUT2D eigenvalue weighted by molar-refractivity contribution is 0.628. The first-order valence-corrected chi connectivity index (χ1v) is 9.26. The van der Waals surface area contributed by atoms with E-state index in [1.807, 2.05) is 48.5 Å². The molecule has 4 aromatic carbocycles. The van der Waals surface area contributed by atoms with Gasteiger partial charge < -0.3 is 0 Å². The maximum Gasteiger partial charge on any atom is 0.123 e. The molecule has 0 aliphatic heterocycles. The molecule has 0 nitrogen and oxygen atoms in total. The van der Waals surface area contributed by atoms with Gasteiger partial charge in [-0.25, -0.2) is 8.78 Å². The molecule has 2 heteroatoms. The van der Waals surface area contributed by atoms with Gasteiger partial charge in [-0.05, 0) is 79.9 Å². The Morgan fingerprint density at radius 1 is 0.357 bits per heavy atom. The van der Waals surface area contributed by atoms with Crippen molar-refractivity contribution in [1.29, 1.82) is 0 Å². The summed E-state index contributed by atoms with van der Waals surface area (Å²) in [5.41, 5.74) is 10.3. The lowest BCUT2D eigenvalue weighted by atomic mass is 9.92. The highest BCUT2D eigenvalue weighted by Crippen LogP contribution is 2.54.